The van der Waals surface area contributed by atoms with Crippen molar-refractivity contribution < 1.29 is 4.79 Å². The van der Waals surface area contributed by atoms with Gasteiger partial charge in [0.05, 0.1) is 33.1 Å². The number of nitrogen functional groups attached to an aromatic ring is 1. The van der Waals surface area contributed by atoms with Crippen molar-refractivity contribution in [1.82, 2.24) is 19.3 Å². The second kappa shape index (κ2) is 9.73. The fourth-order valence-electron chi connectivity index (χ4n) is 4.44. The molecule has 6 rings (SSSR count). The van der Waals surface area contributed by atoms with Gasteiger partial charge < -0.3 is 16.4 Å². The number of imidazole rings is 1. The van der Waals surface area contributed by atoms with Crippen molar-refractivity contribution in [3.05, 3.63) is 76.7 Å². The molecule has 4 N–H and O–H groups in total. The predicted molar refractivity (Wildman–Crippen MR) is 147 cm³/mol. The van der Waals surface area contributed by atoms with Crippen LogP contribution in [0.1, 0.15) is 28.1 Å². The average Bonchev–Trinajstić information content (AvgIpc) is 3.68. The van der Waals surface area contributed by atoms with E-state index >= 15 is 0 Å². The van der Waals surface area contributed by atoms with Crippen LogP contribution in [0.4, 0.5) is 21.5 Å². The van der Waals surface area contributed by atoms with Crippen LogP contribution in [-0.2, 0) is 6.54 Å². The van der Waals surface area contributed by atoms with Crippen molar-refractivity contribution in [3.8, 4) is 11.4 Å². The minimum atomic E-state index is -0.193. The summed E-state index contributed by atoms with van der Waals surface area (Å²) >= 11 is 2.89. The maximum Gasteiger partial charge on any atom is 0.265 e. The van der Waals surface area contributed by atoms with Crippen molar-refractivity contribution in [2.24, 2.45) is 0 Å². The van der Waals surface area contributed by atoms with E-state index < -0.39 is 0 Å². The van der Waals surface area contributed by atoms with E-state index in [2.05, 4.69) is 32.1 Å². The number of rotatable bonds is 7. The molecule has 1 saturated heterocycles. The minimum absolute atomic E-state index is 0.193. The number of anilines is 4. The smallest absolute Gasteiger partial charge is 0.265 e. The molecule has 0 unspecified atom stereocenters. The molecule has 182 valence electrons. The normalized spacial score (nSPS) is 13.9. The molecule has 0 saturated carbocycles. The number of hydrogen-bond acceptors (Lipinski definition) is 8. The number of amides is 1. The zero-order valence-electron chi connectivity index (χ0n) is 19.5. The molecular formula is C26H25N7OS2. The maximum absolute atomic E-state index is 12.6. The highest BCUT2D eigenvalue weighted by molar-refractivity contribution is 7.19. The molecule has 10 heteroatoms. The lowest BCUT2D eigenvalue weighted by atomic mass is 10.2. The number of aromatic nitrogens is 3. The topological polar surface area (TPSA) is 101 Å². The number of pyridine rings is 1. The zero-order valence-corrected chi connectivity index (χ0v) is 21.1. The highest BCUT2D eigenvalue weighted by Gasteiger charge is 2.17. The van der Waals surface area contributed by atoms with Crippen molar-refractivity contribution in [2.75, 3.05) is 29.5 Å². The maximum atomic E-state index is 12.6. The summed E-state index contributed by atoms with van der Waals surface area (Å²) in [6.07, 6.45) is 6.48. The molecule has 0 bridgehead atoms. The number of hydrogen-bond donors (Lipinski definition) is 3. The second-order valence-corrected chi connectivity index (χ2v) is 10.7. The Labute approximate surface area is 216 Å². The Morgan fingerprint density at radius 2 is 1.94 bits per heavy atom. The van der Waals surface area contributed by atoms with Gasteiger partial charge in [-0.15, -0.1) is 22.7 Å². The lowest BCUT2D eigenvalue weighted by molar-refractivity contribution is 0.103. The molecule has 5 heterocycles. The molecule has 1 amide bonds. The Morgan fingerprint density at radius 1 is 1.08 bits per heavy atom. The lowest BCUT2D eigenvalue weighted by Crippen LogP contribution is -2.18. The fourth-order valence-corrected chi connectivity index (χ4v) is 6.02. The highest BCUT2D eigenvalue weighted by atomic mass is 32.1. The molecule has 5 aromatic rings. The molecule has 1 fully saturated rings. The first-order valence-corrected chi connectivity index (χ1v) is 13.5. The third kappa shape index (κ3) is 4.58. The number of thiophene rings is 1. The van der Waals surface area contributed by atoms with Gasteiger partial charge in [0.15, 0.2) is 5.13 Å². The van der Waals surface area contributed by atoms with E-state index in [1.54, 1.807) is 18.2 Å². The molecule has 0 radical (unpaired) electrons. The van der Waals surface area contributed by atoms with Crippen LogP contribution < -0.4 is 16.4 Å². The summed E-state index contributed by atoms with van der Waals surface area (Å²) in [6.45, 7) is 3.24. The van der Waals surface area contributed by atoms with E-state index in [4.69, 9.17) is 15.7 Å². The first-order chi connectivity index (χ1) is 17.6. The number of nitrogens with zero attached hydrogens (tertiary/aromatic N) is 4. The summed E-state index contributed by atoms with van der Waals surface area (Å²) in [4.78, 5) is 25.2. The molecule has 1 aromatic carbocycles. The molecule has 0 atom stereocenters. The van der Waals surface area contributed by atoms with Gasteiger partial charge in [-0.1, -0.05) is 18.2 Å². The van der Waals surface area contributed by atoms with Crippen LogP contribution in [0.15, 0.2) is 66.3 Å². The zero-order chi connectivity index (χ0) is 24.5. The second-order valence-electron chi connectivity index (χ2n) is 8.72. The number of likely N-dealkylation sites (tertiary alicyclic amines) is 1. The van der Waals surface area contributed by atoms with Crippen LogP contribution in [-0.4, -0.2) is 38.3 Å². The van der Waals surface area contributed by atoms with Crippen LogP contribution in [0.5, 0.6) is 0 Å². The SMILES string of the molecule is Nc1ccccc1NC(=O)c1ccc(Nc2nc(-c3cnc4c(CN5CCCC5)cccn34)cs2)s1. The van der Waals surface area contributed by atoms with E-state index in [0.717, 1.165) is 46.8 Å². The summed E-state index contributed by atoms with van der Waals surface area (Å²) in [7, 11) is 0. The van der Waals surface area contributed by atoms with Crippen LogP contribution >= 0.6 is 22.7 Å². The minimum Gasteiger partial charge on any atom is -0.397 e. The Bertz CT molecular complexity index is 1530. The number of thiazole rings is 1. The largest absolute Gasteiger partial charge is 0.397 e. The Morgan fingerprint density at radius 3 is 2.81 bits per heavy atom. The number of nitrogens with one attached hydrogen (secondary N) is 2. The van der Waals surface area contributed by atoms with Crippen LogP contribution in [0.25, 0.3) is 17.0 Å². The third-order valence-electron chi connectivity index (χ3n) is 6.24. The molecule has 0 spiro atoms. The number of benzene rings is 1. The molecule has 1 aliphatic rings. The highest BCUT2D eigenvalue weighted by Crippen LogP contribution is 2.32. The lowest BCUT2D eigenvalue weighted by Gasteiger charge is -2.15. The van der Waals surface area contributed by atoms with Gasteiger partial charge in [0.25, 0.3) is 5.91 Å². The molecule has 4 aromatic heterocycles. The summed E-state index contributed by atoms with van der Waals surface area (Å²) in [5.74, 6) is -0.193. The monoisotopic (exact) mass is 515 g/mol. The number of carbonyl (C=O) groups excluding carboxylic acids is 1. The first kappa shape index (κ1) is 22.7. The quantitative estimate of drug-likeness (QED) is 0.241. The van der Waals surface area contributed by atoms with Crippen LogP contribution in [0, 0.1) is 0 Å². The van der Waals surface area contributed by atoms with Gasteiger partial charge in [0.2, 0.25) is 0 Å². The van der Waals surface area contributed by atoms with Gasteiger partial charge in [-0.05, 0) is 56.3 Å². The summed E-state index contributed by atoms with van der Waals surface area (Å²) in [5.41, 5.74) is 11.1. The molecule has 1 aliphatic heterocycles. The summed E-state index contributed by atoms with van der Waals surface area (Å²) in [6, 6.07) is 15.1. The van der Waals surface area contributed by atoms with Gasteiger partial charge >= 0.3 is 0 Å². The van der Waals surface area contributed by atoms with Crippen molar-refractivity contribution in [1.29, 1.82) is 0 Å². The number of nitrogens with two attached hydrogens (primary N) is 1. The van der Waals surface area contributed by atoms with Crippen molar-refractivity contribution in [3.63, 3.8) is 0 Å². The molecular weight excluding hydrogens is 490 g/mol. The Kier molecular flexibility index (Phi) is 6.14. The van der Waals surface area contributed by atoms with Crippen molar-refractivity contribution in [2.45, 2.75) is 19.4 Å². The molecule has 8 nitrogen and oxygen atoms in total. The third-order valence-corrected chi connectivity index (χ3v) is 8.00. The predicted octanol–water partition coefficient (Wildman–Crippen LogP) is 5.69. The molecule has 0 aliphatic carbocycles. The fraction of sp³-hybridized carbons (Fsp3) is 0.192. The van der Waals surface area contributed by atoms with Crippen LogP contribution in [0.2, 0.25) is 0 Å². The van der Waals surface area contributed by atoms with Gasteiger partial charge in [-0.3, -0.25) is 14.1 Å². The Balaban J connectivity index is 1.17. The van der Waals surface area contributed by atoms with E-state index in [-0.39, 0.29) is 5.91 Å². The van der Waals surface area contributed by atoms with Gasteiger partial charge in [-0.25, -0.2) is 9.97 Å². The van der Waals surface area contributed by atoms with Gasteiger partial charge in [0, 0.05) is 23.7 Å². The molecule has 36 heavy (non-hydrogen) atoms. The van der Waals surface area contributed by atoms with E-state index in [1.807, 2.05) is 36.0 Å². The van der Waals surface area contributed by atoms with Crippen LogP contribution in [0.3, 0.4) is 0 Å². The van der Waals surface area contributed by atoms with E-state index in [0.29, 0.717) is 16.3 Å². The number of fused-ring (bicyclic) bond motifs is 1. The number of para-hydroxylation sites is 2. The standard InChI is InChI=1S/C26H25N7OS2/c27-18-7-1-2-8-19(18)29-25(34)22-9-10-23(36-22)31-26-30-20(16-35-26)21-14-28-24-17(6-5-13-33(21)24)15-32-11-3-4-12-32/h1-2,5-10,13-14,16H,3-4,11-12,15,27H2,(H,29,34)(H,30,31). The Hall–Kier alpha value is -3.73. The average molecular weight is 516 g/mol. The van der Waals surface area contributed by atoms with Crippen molar-refractivity contribution >= 4 is 55.7 Å². The summed E-state index contributed by atoms with van der Waals surface area (Å²) in [5, 5.41) is 9.82. The van der Waals surface area contributed by atoms with Gasteiger partial charge in [0.1, 0.15) is 11.3 Å². The van der Waals surface area contributed by atoms with Gasteiger partial charge in [-0.2, -0.15) is 0 Å². The first-order valence-electron chi connectivity index (χ1n) is 11.8. The van der Waals surface area contributed by atoms with E-state index in [1.165, 1.54) is 41.1 Å². The summed E-state index contributed by atoms with van der Waals surface area (Å²) < 4.78 is 2.12. The number of carbonyl (C=O) groups is 1. The van der Waals surface area contributed by atoms with E-state index in [9.17, 15) is 4.79 Å².